The van der Waals surface area contributed by atoms with E-state index in [2.05, 4.69) is 16.7 Å². The Morgan fingerprint density at radius 3 is 3.00 bits per heavy atom. The Morgan fingerprint density at radius 2 is 2.19 bits per heavy atom. The highest BCUT2D eigenvalue weighted by Gasteiger charge is 2.15. The number of nitro benzene ring substituents is 1. The van der Waals surface area contributed by atoms with Gasteiger partial charge in [-0.3, -0.25) is 10.1 Å². The molecule has 1 aliphatic heterocycles. The first-order valence-electron chi connectivity index (χ1n) is 6.67. The van der Waals surface area contributed by atoms with E-state index in [1.165, 1.54) is 11.6 Å². The fraction of sp³-hybridized carbons (Fsp3) is 0.200. The van der Waals surface area contributed by atoms with Gasteiger partial charge in [0.1, 0.15) is 5.82 Å². The van der Waals surface area contributed by atoms with Crippen LogP contribution in [0.25, 0.3) is 0 Å². The second-order valence-corrected chi connectivity index (χ2v) is 4.90. The molecule has 0 spiro atoms. The summed E-state index contributed by atoms with van der Waals surface area (Å²) in [4.78, 5) is 10.2. The summed E-state index contributed by atoms with van der Waals surface area (Å²) in [6.07, 6.45) is 0.980. The van der Waals surface area contributed by atoms with Gasteiger partial charge in [0.15, 0.2) is 0 Å². The summed E-state index contributed by atoms with van der Waals surface area (Å²) >= 11 is 0. The largest absolute Gasteiger partial charge is 0.384 e. The van der Waals surface area contributed by atoms with Gasteiger partial charge in [0.2, 0.25) is 0 Å². The van der Waals surface area contributed by atoms with Gasteiger partial charge in [0, 0.05) is 30.9 Å². The van der Waals surface area contributed by atoms with E-state index in [1.54, 1.807) is 0 Å². The van der Waals surface area contributed by atoms with Gasteiger partial charge in [-0.15, -0.1) is 0 Å². The number of rotatable bonds is 4. The number of non-ortho nitro benzene ring substituents is 1. The number of benzene rings is 2. The molecule has 0 amide bonds. The van der Waals surface area contributed by atoms with Crippen LogP contribution in [0.2, 0.25) is 0 Å². The summed E-state index contributed by atoms with van der Waals surface area (Å²) in [5.41, 5.74) is 3.36. The Kier molecular flexibility index (Phi) is 3.43. The summed E-state index contributed by atoms with van der Waals surface area (Å²) in [6.45, 7) is 1.31. The molecule has 6 heteroatoms. The van der Waals surface area contributed by atoms with Gasteiger partial charge in [-0.2, -0.15) is 0 Å². The van der Waals surface area contributed by atoms with Crippen molar-refractivity contribution in [2.45, 2.75) is 13.0 Å². The zero-order chi connectivity index (χ0) is 14.8. The molecular weight excluding hydrogens is 273 g/mol. The number of hydrogen-bond donors (Lipinski definition) is 2. The van der Waals surface area contributed by atoms with E-state index < -0.39 is 10.7 Å². The van der Waals surface area contributed by atoms with Crippen molar-refractivity contribution in [3.8, 4) is 0 Å². The number of nitro groups is 1. The maximum Gasteiger partial charge on any atom is 0.271 e. The molecule has 0 atom stereocenters. The molecule has 21 heavy (non-hydrogen) atoms. The monoisotopic (exact) mass is 287 g/mol. The fourth-order valence-corrected chi connectivity index (χ4v) is 2.51. The lowest BCUT2D eigenvalue weighted by molar-refractivity contribution is -0.384. The van der Waals surface area contributed by atoms with Crippen molar-refractivity contribution in [3.05, 3.63) is 63.5 Å². The Labute approximate surface area is 120 Å². The number of anilines is 2. The average molecular weight is 287 g/mol. The minimum absolute atomic E-state index is 0.129. The summed E-state index contributed by atoms with van der Waals surface area (Å²) in [5.74, 6) is -0.499. The molecule has 2 N–H and O–H groups in total. The number of fused-ring (bicyclic) bond motifs is 1. The van der Waals surface area contributed by atoms with Crippen molar-refractivity contribution >= 4 is 17.1 Å². The lowest BCUT2D eigenvalue weighted by atomic mass is 10.1. The van der Waals surface area contributed by atoms with Crippen LogP contribution in [0.5, 0.6) is 0 Å². The maximum atomic E-state index is 13.7. The van der Waals surface area contributed by atoms with E-state index in [0.717, 1.165) is 36.3 Å². The number of nitrogens with zero attached hydrogens (tertiary/aromatic N) is 1. The standard InChI is InChI=1S/C15H14FN3O2/c16-13-5-4-12(19(20)21)8-14(13)18-9-11-3-1-2-10-6-7-17-15(10)11/h1-5,8,17-18H,6-7,9H2. The van der Waals surface area contributed by atoms with Gasteiger partial charge in [-0.25, -0.2) is 4.39 Å². The molecule has 1 heterocycles. The second-order valence-electron chi connectivity index (χ2n) is 4.90. The van der Waals surface area contributed by atoms with E-state index in [1.807, 2.05) is 12.1 Å². The van der Waals surface area contributed by atoms with Crippen LogP contribution in [0.1, 0.15) is 11.1 Å². The van der Waals surface area contributed by atoms with Gasteiger partial charge in [-0.1, -0.05) is 18.2 Å². The van der Waals surface area contributed by atoms with Gasteiger partial charge in [0.25, 0.3) is 5.69 Å². The number of halogens is 1. The van der Waals surface area contributed by atoms with Crippen LogP contribution in [0.4, 0.5) is 21.5 Å². The van der Waals surface area contributed by atoms with Crippen LogP contribution < -0.4 is 10.6 Å². The molecule has 0 unspecified atom stereocenters. The predicted octanol–water partition coefficient (Wildman–Crippen LogP) is 3.31. The molecule has 0 bridgehead atoms. The van der Waals surface area contributed by atoms with Crippen LogP contribution in [-0.2, 0) is 13.0 Å². The van der Waals surface area contributed by atoms with Gasteiger partial charge < -0.3 is 10.6 Å². The quantitative estimate of drug-likeness (QED) is 0.668. The number of hydrogen-bond acceptors (Lipinski definition) is 4. The maximum absolute atomic E-state index is 13.7. The minimum atomic E-state index is -0.535. The van der Waals surface area contributed by atoms with Crippen molar-refractivity contribution < 1.29 is 9.31 Å². The van der Waals surface area contributed by atoms with E-state index >= 15 is 0 Å². The van der Waals surface area contributed by atoms with Crippen LogP contribution in [0, 0.1) is 15.9 Å². The summed E-state index contributed by atoms with van der Waals surface area (Å²) in [7, 11) is 0. The molecule has 0 saturated carbocycles. The van der Waals surface area contributed by atoms with Crippen molar-refractivity contribution in [1.29, 1.82) is 0 Å². The van der Waals surface area contributed by atoms with Crippen molar-refractivity contribution in [1.82, 2.24) is 0 Å². The Balaban J connectivity index is 1.81. The van der Waals surface area contributed by atoms with E-state index in [-0.39, 0.29) is 11.4 Å². The molecule has 3 rings (SSSR count). The Bertz CT molecular complexity index is 703. The first-order chi connectivity index (χ1) is 10.1. The normalized spacial score (nSPS) is 12.6. The zero-order valence-corrected chi connectivity index (χ0v) is 11.2. The molecule has 2 aromatic rings. The van der Waals surface area contributed by atoms with Gasteiger partial charge >= 0.3 is 0 Å². The predicted molar refractivity (Wildman–Crippen MR) is 79.0 cm³/mol. The molecule has 108 valence electrons. The SMILES string of the molecule is O=[N+]([O-])c1ccc(F)c(NCc2cccc3c2NCC3)c1. The molecule has 0 aromatic heterocycles. The molecule has 0 radical (unpaired) electrons. The molecule has 2 aromatic carbocycles. The number of nitrogens with one attached hydrogen (secondary N) is 2. The smallest absolute Gasteiger partial charge is 0.271 e. The molecular formula is C15H14FN3O2. The highest BCUT2D eigenvalue weighted by molar-refractivity contribution is 5.62. The molecule has 0 aliphatic carbocycles. The lowest BCUT2D eigenvalue weighted by Crippen LogP contribution is -2.05. The summed E-state index contributed by atoms with van der Waals surface area (Å²) in [5, 5.41) is 17.0. The average Bonchev–Trinajstić information content (AvgIpc) is 2.95. The lowest BCUT2D eigenvalue weighted by Gasteiger charge is -2.11. The minimum Gasteiger partial charge on any atom is -0.384 e. The van der Waals surface area contributed by atoms with Gasteiger partial charge in [0.05, 0.1) is 10.6 Å². The van der Waals surface area contributed by atoms with Crippen molar-refractivity contribution in [2.75, 3.05) is 17.2 Å². The first-order valence-corrected chi connectivity index (χ1v) is 6.67. The summed E-state index contributed by atoms with van der Waals surface area (Å²) < 4.78 is 13.7. The molecule has 5 nitrogen and oxygen atoms in total. The van der Waals surface area contributed by atoms with Crippen LogP contribution in [-0.4, -0.2) is 11.5 Å². The third kappa shape index (κ3) is 2.65. The highest BCUT2D eigenvalue weighted by Crippen LogP contribution is 2.28. The van der Waals surface area contributed by atoms with E-state index in [4.69, 9.17) is 0 Å². The first kappa shape index (κ1) is 13.4. The van der Waals surface area contributed by atoms with E-state index in [0.29, 0.717) is 6.54 Å². The molecule has 0 fully saturated rings. The third-order valence-corrected chi connectivity index (χ3v) is 3.56. The second kappa shape index (κ2) is 5.40. The van der Waals surface area contributed by atoms with Crippen LogP contribution in [0.3, 0.4) is 0 Å². The van der Waals surface area contributed by atoms with E-state index in [9.17, 15) is 14.5 Å². The fourth-order valence-electron chi connectivity index (χ4n) is 2.51. The Hall–Kier alpha value is -2.63. The van der Waals surface area contributed by atoms with Crippen LogP contribution >= 0.6 is 0 Å². The van der Waals surface area contributed by atoms with Crippen molar-refractivity contribution in [3.63, 3.8) is 0 Å². The zero-order valence-electron chi connectivity index (χ0n) is 11.2. The van der Waals surface area contributed by atoms with Crippen LogP contribution in [0.15, 0.2) is 36.4 Å². The molecule has 1 aliphatic rings. The highest BCUT2D eigenvalue weighted by atomic mass is 19.1. The van der Waals surface area contributed by atoms with Gasteiger partial charge in [-0.05, 0) is 23.6 Å². The number of para-hydroxylation sites is 1. The Morgan fingerprint density at radius 1 is 1.33 bits per heavy atom. The summed E-state index contributed by atoms with van der Waals surface area (Å²) in [6, 6.07) is 9.46. The third-order valence-electron chi connectivity index (χ3n) is 3.56. The molecule has 0 saturated heterocycles. The topological polar surface area (TPSA) is 67.2 Å². The van der Waals surface area contributed by atoms with Crippen molar-refractivity contribution in [2.24, 2.45) is 0 Å².